The van der Waals surface area contributed by atoms with Crippen LogP contribution in [0.25, 0.3) is 11.4 Å². The number of rotatable bonds is 4. The summed E-state index contributed by atoms with van der Waals surface area (Å²) in [5, 5.41) is 3.55. The quantitative estimate of drug-likeness (QED) is 0.844. The van der Waals surface area contributed by atoms with Gasteiger partial charge < -0.3 is 10.2 Å². The number of carbonyl (C=O) groups excluding carboxylic acids is 1. The summed E-state index contributed by atoms with van der Waals surface area (Å²) in [6.45, 7) is 3.70. The van der Waals surface area contributed by atoms with Gasteiger partial charge in [-0.2, -0.15) is 0 Å². The van der Waals surface area contributed by atoms with E-state index in [0.29, 0.717) is 12.4 Å². The Morgan fingerprint density at radius 2 is 2.19 bits per heavy atom. The van der Waals surface area contributed by atoms with Crippen LogP contribution in [0.3, 0.4) is 0 Å². The zero-order valence-corrected chi connectivity index (χ0v) is 15.7. The molecule has 0 aromatic carbocycles. The van der Waals surface area contributed by atoms with Crippen LogP contribution in [0.5, 0.6) is 0 Å². The molecule has 2 aliphatic rings. The van der Waals surface area contributed by atoms with Crippen LogP contribution in [0.4, 0.5) is 5.82 Å². The number of fused-ring (bicyclic) bond motifs is 1. The maximum Gasteiger partial charge on any atom is 0.219 e. The second-order valence-corrected chi connectivity index (χ2v) is 7.22. The highest BCUT2D eigenvalue weighted by molar-refractivity contribution is 5.74. The van der Waals surface area contributed by atoms with Crippen LogP contribution in [-0.2, 0) is 17.8 Å². The Bertz CT molecular complexity index is 862. The van der Waals surface area contributed by atoms with Crippen molar-refractivity contribution in [2.75, 3.05) is 18.4 Å². The van der Waals surface area contributed by atoms with Gasteiger partial charge in [-0.25, -0.2) is 9.97 Å². The molecule has 1 N–H and O–H groups in total. The molecule has 6 nitrogen and oxygen atoms in total. The first-order valence-corrected chi connectivity index (χ1v) is 9.68. The van der Waals surface area contributed by atoms with Gasteiger partial charge in [-0.1, -0.05) is 11.6 Å². The second-order valence-electron chi connectivity index (χ2n) is 7.22. The predicted molar refractivity (Wildman–Crippen MR) is 105 cm³/mol. The lowest BCUT2D eigenvalue weighted by Crippen LogP contribution is -2.35. The molecule has 0 unspecified atom stereocenters. The topological polar surface area (TPSA) is 71.0 Å². The molecule has 0 spiro atoms. The molecule has 3 heterocycles. The Morgan fingerprint density at radius 1 is 1.26 bits per heavy atom. The first-order valence-electron chi connectivity index (χ1n) is 9.68. The van der Waals surface area contributed by atoms with Crippen LogP contribution < -0.4 is 5.32 Å². The summed E-state index contributed by atoms with van der Waals surface area (Å²) < 4.78 is 0. The number of aromatic nitrogens is 3. The normalized spacial score (nSPS) is 16.5. The summed E-state index contributed by atoms with van der Waals surface area (Å²) in [6, 6.07) is 3.85. The Hall–Kier alpha value is -2.76. The first-order chi connectivity index (χ1) is 13.2. The van der Waals surface area contributed by atoms with E-state index in [1.165, 1.54) is 24.8 Å². The van der Waals surface area contributed by atoms with Crippen molar-refractivity contribution < 1.29 is 4.79 Å². The highest BCUT2D eigenvalue weighted by atomic mass is 16.2. The maximum atomic E-state index is 11.8. The summed E-state index contributed by atoms with van der Waals surface area (Å²) >= 11 is 0. The Morgan fingerprint density at radius 3 is 2.93 bits per heavy atom. The molecule has 0 atom stereocenters. The lowest BCUT2D eigenvalue weighted by molar-refractivity contribution is -0.129. The van der Waals surface area contributed by atoms with Crippen LogP contribution in [-0.4, -0.2) is 38.8 Å². The van der Waals surface area contributed by atoms with Gasteiger partial charge in [-0.3, -0.25) is 9.78 Å². The van der Waals surface area contributed by atoms with Gasteiger partial charge in [0.2, 0.25) is 5.91 Å². The molecule has 4 rings (SSSR count). The molecule has 0 bridgehead atoms. The Balaban J connectivity index is 1.67. The Labute approximate surface area is 159 Å². The van der Waals surface area contributed by atoms with Crippen molar-refractivity contribution in [3.05, 3.63) is 47.4 Å². The van der Waals surface area contributed by atoms with E-state index >= 15 is 0 Å². The largest absolute Gasteiger partial charge is 0.366 e. The molecule has 140 valence electrons. The predicted octanol–water partition coefficient (Wildman–Crippen LogP) is 3.36. The lowest BCUT2D eigenvalue weighted by Gasteiger charge is -2.29. The van der Waals surface area contributed by atoms with E-state index in [-0.39, 0.29) is 5.91 Å². The molecular formula is C21H25N5O. The number of pyridine rings is 1. The van der Waals surface area contributed by atoms with E-state index in [1.54, 1.807) is 19.3 Å². The third kappa shape index (κ3) is 3.99. The fourth-order valence-corrected chi connectivity index (χ4v) is 3.73. The van der Waals surface area contributed by atoms with Gasteiger partial charge in [0.25, 0.3) is 0 Å². The summed E-state index contributed by atoms with van der Waals surface area (Å²) in [4.78, 5) is 27.5. The zero-order chi connectivity index (χ0) is 18.6. The van der Waals surface area contributed by atoms with Crippen LogP contribution >= 0.6 is 0 Å². The van der Waals surface area contributed by atoms with Gasteiger partial charge in [0.1, 0.15) is 5.82 Å². The summed E-state index contributed by atoms with van der Waals surface area (Å²) in [5.41, 5.74) is 4.42. The van der Waals surface area contributed by atoms with Crippen molar-refractivity contribution >= 4 is 11.7 Å². The molecule has 2 aromatic heterocycles. The molecule has 0 radical (unpaired) electrons. The van der Waals surface area contributed by atoms with Gasteiger partial charge in [-0.05, 0) is 44.2 Å². The van der Waals surface area contributed by atoms with Gasteiger partial charge in [-0.15, -0.1) is 0 Å². The minimum absolute atomic E-state index is 0.0871. The van der Waals surface area contributed by atoms with E-state index in [2.05, 4.69) is 16.4 Å². The SMILES string of the molecule is CC(=O)N1CCc2c(nc(-c3cccnc3)nc2NCC2=CCCCC2)C1. The maximum absolute atomic E-state index is 11.8. The molecule has 0 fully saturated rings. The van der Waals surface area contributed by atoms with Crippen molar-refractivity contribution in [1.29, 1.82) is 0 Å². The monoisotopic (exact) mass is 363 g/mol. The summed E-state index contributed by atoms with van der Waals surface area (Å²) in [5.74, 6) is 1.64. The van der Waals surface area contributed by atoms with E-state index in [9.17, 15) is 4.79 Å². The van der Waals surface area contributed by atoms with Crippen LogP contribution in [0, 0.1) is 0 Å². The molecule has 0 saturated heterocycles. The number of hydrogen-bond donors (Lipinski definition) is 1. The van der Waals surface area contributed by atoms with Crippen LogP contribution in [0.1, 0.15) is 43.9 Å². The van der Waals surface area contributed by atoms with Crippen molar-refractivity contribution in [3.63, 3.8) is 0 Å². The Kier molecular flexibility index (Phi) is 5.14. The highest BCUT2D eigenvalue weighted by Gasteiger charge is 2.24. The van der Waals surface area contributed by atoms with Crippen LogP contribution in [0.15, 0.2) is 36.2 Å². The van der Waals surface area contributed by atoms with E-state index in [0.717, 1.165) is 48.6 Å². The number of allylic oxidation sites excluding steroid dienone is 1. The third-order valence-electron chi connectivity index (χ3n) is 5.30. The van der Waals surface area contributed by atoms with Crippen LogP contribution in [0.2, 0.25) is 0 Å². The van der Waals surface area contributed by atoms with E-state index in [1.807, 2.05) is 17.0 Å². The van der Waals surface area contributed by atoms with Crippen molar-refractivity contribution in [2.45, 2.75) is 45.6 Å². The molecular weight excluding hydrogens is 338 g/mol. The minimum Gasteiger partial charge on any atom is -0.366 e. The summed E-state index contributed by atoms with van der Waals surface area (Å²) in [7, 11) is 0. The average molecular weight is 363 g/mol. The number of hydrogen-bond acceptors (Lipinski definition) is 5. The van der Waals surface area contributed by atoms with E-state index in [4.69, 9.17) is 9.97 Å². The van der Waals surface area contributed by atoms with E-state index < -0.39 is 0 Å². The van der Waals surface area contributed by atoms with Gasteiger partial charge in [0, 0.05) is 43.5 Å². The summed E-state index contributed by atoms with van der Waals surface area (Å²) in [6.07, 6.45) is 11.5. The highest BCUT2D eigenvalue weighted by Crippen LogP contribution is 2.28. The smallest absolute Gasteiger partial charge is 0.219 e. The van der Waals surface area contributed by atoms with Crippen molar-refractivity contribution in [1.82, 2.24) is 19.9 Å². The number of amides is 1. The number of carbonyl (C=O) groups is 1. The van der Waals surface area contributed by atoms with Gasteiger partial charge >= 0.3 is 0 Å². The van der Waals surface area contributed by atoms with Gasteiger partial charge in [0.15, 0.2) is 5.82 Å². The van der Waals surface area contributed by atoms with Gasteiger partial charge in [0.05, 0.1) is 12.2 Å². The fourth-order valence-electron chi connectivity index (χ4n) is 3.73. The molecule has 1 aliphatic carbocycles. The molecule has 0 saturated carbocycles. The molecule has 6 heteroatoms. The molecule has 2 aromatic rings. The number of nitrogens with one attached hydrogen (secondary N) is 1. The second kappa shape index (κ2) is 7.86. The van der Waals surface area contributed by atoms with Crippen molar-refractivity contribution in [3.8, 4) is 11.4 Å². The third-order valence-corrected chi connectivity index (χ3v) is 5.30. The zero-order valence-electron chi connectivity index (χ0n) is 15.7. The first kappa shape index (κ1) is 17.6. The number of nitrogens with zero attached hydrogens (tertiary/aromatic N) is 4. The molecule has 1 aliphatic heterocycles. The minimum atomic E-state index is 0.0871. The molecule has 27 heavy (non-hydrogen) atoms. The molecule has 1 amide bonds. The lowest BCUT2D eigenvalue weighted by atomic mass is 9.99. The van der Waals surface area contributed by atoms with Crippen molar-refractivity contribution in [2.24, 2.45) is 0 Å². The average Bonchev–Trinajstić information content (AvgIpc) is 2.72. The number of anilines is 1. The fraction of sp³-hybridized carbons (Fsp3) is 0.429. The standard InChI is InChI=1S/C21H25N5O/c1-15(27)26-11-9-18-19(14-26)24-20(17-8-5-10-22-13-17)25-21(18)23-12-16-6-3-2-4-7-16/h5-6,8,10,13H,2-4,7,9,11-12,14H2,1H3,(H,23,24,25).